The van der Waals surface area contributed by atoms with E-state index in [4.69, 9.17) is 0 Å². The lowest BCUT2D eigenvalue weighted by molar-refractivity contribution is 0.595. The van der Waals surface area contributed by atoms with Crippen molar-refractivity contribution in [2.24, 2.45) is 0 Å². The summed E-state index contributed by atoms with van der Waals surface area (Å²) in [5.41, 5.74) is 1.02. The van der Waals surface area contributed by atoms with Crippen LogP contribution in [0.5, 0.6) is 0 Å². The van der Waals surface area contributed by atoms with Gasteiger partial charge in [0.2, 0.25) is 0 Å². The minimum absolute atomic E-state index is 0.103. The van der Waals surface area contributed by atoms with E-state index in [1.165, 1.54) is 6.92 Å². The largest absolute Gasteiger partial charge is 0.373 e. The second-order valence-corrected chi connectivity index (χ2v) is 3.89. The minimum atomic E-state index is -0.489. The summed E-state index contributed by atoms with van der Waals surface area (Å²) in [5.74, 6) is -0.286. The monoisotopic (exact) mass is 249 g/mol. The number of rotatable bonds is 3. The Hall–Kier alpha value is -2.17. The fraction of sp³-hybridized carbons (Fsp3) is 0.154. The van der Waals surface area contributed by atoms with E-state index in [9.17, 15) is 8.78 Å². The van der Waals surface area contributed by atoms with Gasteiger partial charge in [-0.2, -0.15) is 0 Å². The van der Waals surface area contributed by atoms with E-state index in [1.807, 2.05) is 0 Å². The summed E-state index contributed by atoms with van der Waals surface area (Å²) < 4.78 is 27.0. The van der Waals surface area contributed by atoms with Gasteiger partial charge in [-0.1, -0.05) is 0 Å². The van der Waals surface area contributed by atoms with E-state index < -0.39 is 11.6 Å². The van der Waals surface area contributed by atoms with Crippen LogP contribution in [-0.4, -0.2) is 12.0 Å². The fourth-order valence-electron chi connectivity index (χ4n) is 1.54. The Morgan fingerprint density at radius 1 is 1.11 bits per heavy atom. The lowest BCUT2D eigenvalue weighted by atomic mass is 10.2. The zero-order chi connectivity index (χ0) is 13.1. The predicted molar refractivity (Wildman–Crippen MR) is 68.2 cm³/mol. The summed E-state index contributed by atoms with van der Waals surface area (Å²) in [4.78, 5) is 4.03. The minimum Gasteiger partial charge on any atom is -0.373 e. The zero-order valence-corrected chi connectivity index (χ0v) is 10.1. The van der Waals surface area contributed by atoms with E-state index in [0.29, 0.717) is 11.5 Å². The topological polar surface area (TPSA) is 37.0 Å². The van der Waals surface area contributed by atoms with Crippen LogP contribution in [-0.2, 0) is 0 Å². The molecule has 0 bridgehead atoms. The maximum Gasteiger partial charge on any atom is 0.147 e. The molecule has 0 aliphatic heterocycles. The molecule has 1 aromatic carbocycles. The van der Waals surface area contributed by atoms with Crippen molar-refractivity contribution in [3.05, 3.63) is 47.7 Å². The third-order valence-corrected chi connectivity index (χ3v) is 2.54. The molecule has 18 heavy (non-hydrogen) atoms. The fourth-order valence-corrected chi connectivity index (χ4v) is 1.54. The molecule has 1 heterocycles. The molecule has 2 aromatic rings. The van der Waals surface area contributed by atoms with E-state index in [-0.39, 0.29) is 11.3 Å². The average molecular weight is 249 g/mol. The highest BCUT2D eigenvalue weighted by Crippen LogP contribution is 2.23. The smallest absolute Gasteiger partial charge is 0.147 e. The number of nitrogens with one attached hydrogen (secondary N) is 2. The summed E-state index contributed by atoms with van der Waals surface area (Å²) >= 11 is 0. The Bertz CT molecular complexity index is 570. The van der Waals surface area contributed by atoms with Gasteiger partial charge in [0.25, 0.3) is 0 Å². The van der Waals surface area contributed by atoms with Crippen molar-refractivity contribution in [1.82, 2.24) is 4.98 Å². The highest BCUT2D eigenvalue weighted by Gasteiger charge is 2.07. The van der Waals surface area contributed by atoms with Crippen molar-refractivity contribution >= 4 is 17.2 Å². The number of halogens is 2. The third-order valence-electron chi connectivity index (χ3n) is 2.54. The lowest BCUT2D eigenvalue weighted by Crippen LogP contribution is -1.98. The van der Waals surface area contributed by atoms with Crippen molar-refractivity contribution in [3.8, 4) is 0 Å². The maximum atomic E-state index is 13.6. The number of nitrogens with zero attached hydrogens (tertiary/aromatic N) is 1. The lowest BCUT2D eigenvalue weighted by Gasteiger charge is -2.09. The van der Waals surface area contributed by atoms with Crippen LogP contribution in [0.15, 0.2) is 30.5 Å². The molecule has 0 aliphatic carbocycles. The molecule has 0 saturated heterocycles. The van der Waals surface area contributed by atoms with Gasteiger partial charge >= 0.3 is 0 Å². The third kappa shape index (κ3) is 2.56. The van der Waals surface area contributed by atoms with Crippen molar-refractivity contribution in [1.29, 1.82) is 0 Å². The zero-order valence-electron chi connectivity index (χ0n) is 10.1. The molecular weight excluding hydrogens is 236 g/mol. The normalized spacial score (nSPS) is 10.2. The molecule has 2 rings (SSSR count). The van der Waals surface area contributed by atoms with E-state index in [1.54, 1.807) is 25.4 Å². The first-order valence-corrected chi connectivity index (χ1v) is 5.46. The number of aromatic nitrogens is 1. The summed E-state index contributed by atoms with van der Waals surface area (Å²) in [6.45, 7) is 1.52. The van der Waals surface area contributed by atoms with E-state index in [0.717, 1.165) is 12.1 Å². The molecule has 0 unspecified atom stereocenters. The molecule has 0 aliphatic rings. The second-order valence-electron chi connectivity index (χ2n) is 3.89. The Labute approximate surface area is 104 Å². The molecule has 0 spiro atoms. The number of aryl methyl sites for hydroxylation is 1. The van der Waals surface area contributed by atoms with Crippen molar-refractivity contribution in [2.45, 2.75) is 6.92 Å². The van der Waals surface area contributed by atoms with Gasteiger partial charge < -0.3 is 10.6 Å². The van der Waals surface area contributed by atoms with E-state index in [2.05, 4.69) is 15.6 Å². The quantitative estimate of drug-likeness (QED) is 0.874. The van der Waals surface area contributed by atoms with Gasteiger partial charge in [-0.05, 0) is 24.6 Å². The Morgan fingerprint density at radius 2 is 1.89 bits per heavy atom. The van der Waals surface area contributed by atoms with Crippen LogP contribution in [0, 0.1) is 18.6 Å². The summed E-state index contributed by atoms with van der Waals surface area (Å²) in [6, 6.07) is 5.69. The first-order chi connectivity index (χ1) is 8.60. The van der Waals surface area contributed by atoms with Gasteiger partial charge in [-0.3, -0.25) is 0 Å². The van der Waals surface area contributed by atoms with Crippen LogP contribution in [0.4, 0.5) is 26.0 Å². The Kier molecular flexibility index (Phi) is 3.41. The Morgan fingerprint density at radius 3 is 2.61 bits per heavy atom. The SMILES string of the molecule is CNc1cc(Nc2cc(F)c(C)cc2F)ccn1. The molecule has 94 valence electrons. The molecule has 0 fully saturated rings. The molecular formula is C13H13F2N3. The van der Waals surface area contributed by atoms with Crippen LogP contribution in [0.3, 0.4) is 0 Å². The van der Waals surface area contributed by atoms with Gasteiger partial charge in [0, 0.05) is 31.1 Å². The molecule has 3 nitrogen and oxygen atoms in total. The number of anilines is 3. The van der Waals surface area contributed by atoms with Gasteiger partial charge in [0.1, 0.15) is 17.5 Å². The summed E-state index contributed by atoms with van der Waals surface area (Å²) in [6.07, 6.45) is 1.58. The van der Waals surface area contributed by atoms with Crippen LogP contribution in [0.2, 0.25) is 0 Å². The van der Waals surface area contributed by atoms with Crippen LogP contribution < -0.4 is 10.6 Å². The van der Waals surface area contributed by atoms with Crippen molar-refractivity contribution in [3.63, 3.8) is 0 Å². The van der Waals surface area contributed by atoms with Gasteiger partial charge in [-0.15, -0.1) is 0 Å². The Balaban J connectivity index is 2.30. The van der Waals surface area contributed by atoms with Crippen LogP contribution >= 0.6 is 0 Å². The van der Waals surface area contributed by atoms with Gasteiger partial charge in [0.05, 0.1) is 5.69 Å². The first-order valence-electron chi connectivity index (χ1n) is 5.46. The predicted octanol–water partition coefficient (Wildman–Crippen LogP) is 3.45. The molecule has 0 radical (unpaired) electrons. The molecule has 1 aromatic heterocycles. The van der Waals surface area contributed by atoms with Crippen LogP contribution in [0.1, 0.15) is 5.56 Å². The number of pyridine rings is 1. The van der Waals surface area contributed by atoms with Crippen molar-refractivity contribution in [2.75, 3.05) is 17.7 Å². The standard InChI is InChI=1S/C13H13F2N3/c1-8-5-11(15)12(7-10(8)14)18-9-3-4-17-13(6-9)16-2/h3-7H,1-2H3,(H2,16,17,18). The van der Waals surface area contributed by atoms with E-state index >= 15 is 0 Å². The molecule has 2 N–H and O–H groups in total. The molecule has 0 amide bonds. The molecule has 0 saturated carbocycles. The van der Waals surface area contributed by atoms with Gasteiger partial charge in [-0.25, -0.2) is 13.8 Å². The maximum absolute atomic E-state index is 13.6. The first kappa shape index (κ1) is 12.3. The van der Waals surface area contributed by atoms with Crippen molar-refractivity contribution < 1.29 is 8.78 Å². The average Bonchev–Trinajstić information content (AvgIpc) is 2.36. The summed E-state index contributed by atoms with van der Waals surface area (Å²) in [5, 5.41) is 5.69. The second kappa shape index (κ2) is 5.00. The van der Waals surface area contributed by atoms with Gasteiger partial charge in [0.15, 0.2) is 0 Å². The van der Waals surface area contributed by atoms with Crippen LogP contribution in [0.25, 0.3) is 0 Å². The molecule has 5 heteroatoms. The summed E-state index contributed by atoms with van der Waals surface area (Å²) in [7, 11) is 1.73. The number of hydrogen-bond acceptors (Lipinski definition) is 3. The molecule has 0 atom stereocenters. The number of hydrogen-bond donors (Lipinski definition) is 2. The number of benzene rings is 1. The highest BCUT2D eigenvalue weighted by molar-refractivity contribution is 5.63. The highest BCUT2D eigenvalue weighted by atomic mass is 19.1.